The second-order valence-corrected chi connectivity index (χ2v) is 1.69. The van der Waals surface area contributed by atoms with E-state index in [1.54, 1.807) is 4.98 Å². The largest absolute Gasteiger partial charge is 0.364 e. The van der Waals surface area contributed by atoms with E-state index in [0.29, 0.717) is 0 Å². The minimum atomic E-state index is -1.23. The molecule has 1 amide bonds. The molecule has 0 fully saturated rings. The number of H-pyrrole nitrogens is 1. The Morgan fingerprint density at radius 2 is 2.55 bits per heavy atom. The topological polar surface area (TPSA) is 88.8 Å². The normalized spacial score (nSPS) is 10.8. The first-order valence-corrected chi connectivity index (χ1v) is 2.58. The minimum Gasteiger partial charge on any atom is -0.364 e. The van der Waals surface area contributed by atoms with Gasteiger partial charge in [-0.3, -0.25) is 9.59 Å². The van der Waals surface area contributed by atoms with Crippen LogP contribution in [0.2, 0.25) is 0 Å². The van der Waals surface area contributed by atoms with E-state index in [1.807, 2.05) is 0 Å². The average Bonchev–Trinajstić information content (AvgIpc) is 1.96. The highest BCUT2D eigenvalue weighted by molar-refractivity contribution is 5.90. The second-order valence-electron chi connectivity index (χ2n) is 1.69. The molecule has 1 heterocycles. The smallest absolute Gasteiger partial charge is 0.279 e. The van der Waals surface area contributed by atoms with Crippen LogP contribution in [0.3, 0.4) is 0 Å². The van der Waals surface area contributed by atoms with Gasteiger partial charge in [-0.1, -0.05) is 0 Å². The van der Waals surface area contributed by atoms with Gasteiger partial charge in [-0.05, 0) is 0 Å². The molecule has 0 saturated heterocycles. The Balaban J connectivity index is 3.43. The highest BCUT2D eigenvalue weighted by Crippen LogP contribution is 1.86. The lowest BCUT2D eigenvalue weighted by Crippen LogP contribution is -2.25. The molecule has 0 saturated carbocycles. The van der Waals surface area contributed by atoms with E-state index >= 15 is 0 Å². The van der Waals surface area contributed by atoms with Gasteiger partial charge in [-0.15, -0.1) is 0 Å². The monoisotopic (exact) mass is 158 g/mol. The third-order valence-corrected chi connectivity index (χ3v) is 0.938. The molecule has 0 aliphatic heterocycles. The molecule has 58 valence electrons. The maximum atomic E-state index is 12.4. The number of aromatic nitrogens is 2. The van der Waals surface area contributed by atoms with Crippen molar-refractivity contribution < 1.29 is 10.6 Å². The second kappa shape index (κ2) is 2.49. The molecular formula is C5H4FN3O2. The van der Waals surface area contributed by atoms with Crippen molar-refractivity contribution in [2.45, 2.75) is 0 Å². The number of halogens is 1. The first kappa shape index (κ1) is 6.02. The lowest BCUT2D eigenvalue weighted by Gasteiger charge is -1.91. The number of primary amides is 1. The van der Waals surface area contributed by atoms with Crippen LogP contribution in [-0.4, -0.2) is 15.9 Å². The Bertz CT molecular complexity index is 389. The van der Waals surface area contributed by atoms with Crippen LogP contribution in [0.1, 0.15) is 11.9 Å². The highest BCUT2D eigenvalue weighted by atomic mass is 19.1. The van der Waals surface area contributed by atoms with Crippen LogP contribution in [-0.2, 0) is 0 Å². The molecule has 0 aliphatic carbocycles. The molecule has 0 spiro atoms. The third-order valence-electron chi connectivity index (χ3n) is 0.938. The fourth-order valence-electron chi connectivity index (χ4n) is 0.511. The lowest BCUT2D eigenvalue weighted by atomic mass is 10.4. The fraction of sp³-hybridized carbons (Fsp3) is 0. The van der Waals surface area contributed by atoms with Crippen molar-refractivity contribution >= 4 is 5.91 Å². The van der Waals surface area contributed by atoms with Crippen molar-refractivity contribution in [1.82, 2.24) is 9.97 Å². The van der Waals surface area contributed by atoms with Crippen LogP contribution < -0.4 is 11.3 Å². The van der Waals surface area contributed by atoms with Crippen molar-refractivity contribution in [3.63, 3.8) is 0 Å². The SMILES string of the molecule is [2H]c1[nH]c(=O)c(C(N)=O)nc1F. The number of nitrogens with one attached hydrogen (secondary N) is 1. The Kier molecular flexibility index (Phi) is 1.36. The van der Waals surface area contributed by atoms with Gasteiger partial charge in [0.1, 0.15) is 0 Å². The zero-order valence-corrected chi connectivity index (χ0v) is 5.22. The van der Waals surface area contributed by atoms with Crippen LogP contribution in [0.15, 0.2) is 11.0 Å². The van der Waals surface area contributed by atoms with Gasteiger partial charge < -0.3 is 10.7 Å². The highest BCUT2D eigenvalue weighted by Gasteiger charge is 2.08. The van der Waals surface area contributed by atoms with E-state index in [9.17, 15) is 14.0 Å². The summed E-state index contributed by atoms with van der Waals surface area (Å²) in [5.41, 5.74) is 2.99. The third kappa shape index (κ3) is 1.40. The van der Waals surface area contributed by atoms with E-state index < -0.39 is 29.3 Å². The molecule has 0 aromatic carbocycles. The molecule has 1 aromatic heterocycles. The van der Waals surface area contributed by atoms with E-state index in [2.05, 4.69) is 10.7 Å². The van der Waals surface area contributed by atoms with Crippen molar-refractivity contribution in [2.24, 2.45) is 5.73 Å². The Labute approximate surface area is 61.5 Å². The van der Waals surface area contributed by atoms with Crippen molar-refractivity contribution in [3.05, 3.63) is 28.2 Å². The summed E-state index contributed by atoms with van der Waals surface area (Å²) in [6, 6.07) is 0. The molecule has 0 unspecified atom stereocenters. The van der Waals surface area contributed by atoms with Gasteiger partial charge >= 0.3 is 0 Å². The van der Waals surface area contributed by atoms with E-state index in [0.717, 1.165) is 0 Å². The molecule has 1 rings (SSSR count). The van der Waals surface area contributed by atoms with Crippen LogP contribution in [0.25, 0.3) is 0 Å². The van der Waals surface area contributed by atoms with Gasteiger partial charge in [0.15, 0.2) is 5.69 Å². The van der Waals surface area contributed by atoms with Gasteiger partial charge in [-0.25, -0.2) is 4.98 Å². The zero-order chi connectivity index (χ0) is 9.30. The van der Waals surface area contributed by atoms with Crippen LogP contribution in [0.5, 0.6) is 0 Å². The number of amides is 1. The van der Waals surface area contributed by atoms with Gasteiger partial charge in [-0.2, -0.15) is 4.39 Å². The Morgan fingerprint density at radius 1 is 1.91 bits per heavy atom. The number of aromatic amines is 1. The number of carbonyl (C=O) groups is 1. The predicted molar refractivity (Wildman–Crippen MR) is 33.3 cm³/mol. The summed E-state index contributed by atoms with van der Waals surface area (Å²) in [4.78, 5) is 25.8. The Hall–Kier alpha value is -1.72. The molecule has 1 aromatic rings. The Morgan fingerprint density at radius 3 is 3.09 bits per heavy atom. The van der Waals surface area contributed by atoms with E-state index in [1.165, 1.54) is 0 Å². The first-order chi connectivity index (χ1) is 5.52. The summed E-state index contributed by atoms with van der Waals surface area (Å²) in [6.07, 6.45) is -0.773. The first-order valence-electron chi connectivity index (χ1n) is 3.08. The summed E-state index contributed by atoms with van der Waals surface area (Å²) in [7, 11) is 0. The number of nitrogens with two attached hydrogens (primary N) is 1. The number of rotatable bonds is 1. The molecular weight excluding hydrogens is 153 g/mol. The zero-order valence-electron chi connectivity index (χ0n) is 6.22. The van der Waals surface area contributed by atoms with Crippen molar-refractivity contribution in [2.75, 3.05) is 0 Å². The summed E-state index contributed by atoms with van der Waals surface area (Å²) >= 11 is 0. The van der Waals surface area contributed by atoms with Crippen LogP contribution in [0.4, 0.5) is 4.39 Å². The molecule has 5 nitrogen and oxygen atoms in total. The van der Waals surface area contributed by atoms with Gasteiger partial charge in [0.25, 0.3) is 11.5 Å². The maximum Gasteiger partial charge on any atom is 0.279 e. The predicted octanol–water partition coefficient (Wildman–Crippen LogP) is -0.992. The van der Waals surface area contributed by atoms with Crippen molar-refractivity contribution in [1.29, 1.82) is 0 Å². The van der Waals surface area contributed by atoms with Gasteiger partial charge in [0, 0.05) is 0 Å². The summed E-state index contributed by atoms with van der Waals surface area (Å²) < 4.78 is 19.2. The molecule has 6 heteroatoms. The average molecular weight is 158 g/mol. The molecule has 0 aliphatic rings. The quantitative estimate of drug-likeness (QED) is 0.549. The molecule has 0 atom stereocenters. The molecule has 11 heavy (non-hydrogen) atoms. The number of hydrogen-bond acceptors (Lipinski definition) is 3. The molecule has 3 N–H and O–H groups in total. The number of nitrogens with zero attached hydrogens (tertiary/aromatic N) is 1. The van der Waals surface area contributed by atoms with E-state index in [-0.39, 0.29) is 0 Å². The number of hydrogen-bond donors (Lipinski definition) is 2. The minimum absolute atomic E-state index is 0.733. The lowest BCUT2D eigenvalue weighted by molar-refractivity contribution is 0.0992. The van der Waals surface area contributed by atoms with Crippen LogP contribution in [0, 0.1) is 5.95 Å². The van der Waals surface area contributed by atoms with Crippen molar-refractivity contribution in [3.8, 4) is 0 Å². The fourth-order valence-corrected chi connectivity index (χ4v) is 0.511. The standard InChI is InChI=1S/C5H4FN3O2/c6-2-1-8-5(11)3(9-2)4(7)10/h1H,(H2,7,10)(H,8,11)/i1D. The van der Waals surface area contributed by atoms with Gasteiger partial charge in [0.2, 0.25) is 5.95 Å². The van der Waals surface area contributed by atoms with E-state index in [4.69, 9.17) is 1.37 Å². The summed E-state index contributed by atoms with van der Waals surface area (Å²) in [6.45, 7) is 0. The number of carbonyl (C=O) groups excluding carboxylic acids is 1. The molecule has 0 bridgehead atoms. The van der Waals surface area contributed by atoms with Gasteiger partial charge in [0.05, 0.1) is 7.54 Å². The van der Waals surface area contributed by atoms with Crippen LogP contribution >= 0.6 is 0 Å². The maximum absolute atomic E-state index is 12.4. The summed E-state index contributed by atoms with van der Waals surface area (Å²) in [5.74, 6) is -2.36. The molecule has 0 radical (unpaired) electrons. The summed E-state index contributed by atoms with van der Waals surface area (Å²) in [5, 5.41) is 0.